The summed E-state index contributed by atoms with van der Waals surface area (Å²) in [5, 5.41) is 3.35. The molecule has 74 valence electrons. The van der Waals surface area contributed by atoms with Crippen LogP contribution < -0.4 is 5.32 Å². The average molecular weight is 212 g/mol. The topological polar surface area (TPSA) is 38.3 Å². The van der Waals surface area contributed by atoms with Gasteiger partial charge in [-0.2, -0.15) is 0 Å². The molecule has 1 atom stereocenters. The van der Waals surface area contributed by atoms with Crippen molar-refractivity contribution >= 4 is 17.7 Å². The van der Waals surface area contributed by atoms with E-state index >= 15 is 0 Å². The van der Waals surface area contributed by atoms with Crippen LogP contribution in [0.25, 0.3) is 0 Å². The number of alkyl carbamates (subject to hydrolysis) is 1. The van der Waals surface area contributed by atoms with E-state index in [0.717, 1.165) is 11.1 Å². The normalized spacial score (nSPS) is 20.4. The van der Waals surface area contributed by atoms with Crippen molar-refractivity contribution in [1.29, 1.82) is 0 Å². The number of halogens is 1. The Hall–Kier alpha value is -1.22. The van der Waals surface area contributed by atoms with Crippen LogP contribution in [-0.2, 0) is 4.74 Å². The molecule has 0 radical (unpaired) electrons. The summed E-state index contributed by atoms with van der Waals surface area (Å²) in [6.45, 7) is 2.32. The van der Waals surface area contributed by atoms with Gasteiger partial charge in [-0.05, 0) is 24.1 Å². The Labute approximate surface area is 87.0 Å². The molecule has 0 spiro atoms. The maximum absolute atomic E-state index is 10.8. The van der Waals surface area contributed by atoms with Crippen LogP contribution in [0.15, 0.2) is 18.2 Å². The van der Waals surface area contributed by atoms with E-state index in [0.29, 0.717) is 11.6 Å². The van der Waals surface area contributed by atoms with Crippen LogP contribution in [0.4, 0.5) is 4.79 Å². The van der Waals surface area contributed by atoms with Crippen LogP contribution in [0.3, 0.4) is 0 Å². The number of hydrogen-bond acceptors (Lipinski definition) is 2. The van der Waals surface area contributed by atoms with Gasteiger partial charge < -0.3 is 10.1 Å². The molecular weight excluding hydrogens is 202 g/mol. The Kier molecular flexibility index (Phi) is 2.33. The fraction of sp³-hybridized carbons (Fsp3) is 0.300. The second-order valence-corrected chi connectivity index (χ2v) is 3.73. The monoisotopic (exact) mass is 211 g/mol. The van der Waals surface area contributed by atoms with Gasteiger partial charge in [0, 0.05) is 5.02 Å². The lowest BCUT2D eigenvalue weighted by molar-refractivity contribution is 0.177. The van der Waals surface area contributed by atoms with Gasteiger partial charge in [-0.1, -0.05) is 23.7 Å². The Bertz CT molecular complexity index is 378. The summed E-state index contributed by atoms with van der Waals surface area (Å²) >= 11 is 6.05. The molecule has 1 amide bonds. The Balaban J connectivity index is 2.28. The fourth-order valence-corrected chi connectivity index (χ4v) is 1.83. The SMILES string of the molecule is Cc1ccc(C2COC(=O)N2)c(Cl)c1. The van der Waals surface area contributed by atoms with Crippen LogP contribution in [0.5, 0.6) is 0 Å². The standard InChI is InChI=1S/C10H10ClNO2/c1-6-2-3-7(8(11)4-6)9-5-14-10(13)12-9/h2-4,9H,5H2,1H3,(H,12,13). The van der Waals surface area contributed by atoms with E-state index in [2.05, 4.69) is 5.32 Å². The smallest absolute Gasteiger partial charge is 0.407 e. The molecule has 0 saturated carbocycles. The molecule has 1 fully saturated rings. The van der Waals surface area contributed by atoms with Gasteiger partial charge >= 0.3 is 6.09 Å². The van der Waals surface area contributed by atoms with E-state index in [1.807, 2.05) is 25.1 Å². The highest BCUT2D eigenvalue weighted by molar-refractivity contribution is 6.31. The average Bonchev–Trinajstić information content (AvgIpc) is 2.51. The van der Waals surface area contributed by atoms with Crippen LogP contribution in [-0.4, -0.2) is 12.7 Å². The van der Waals surface area contributed by atoms with Gasteiger partial charge in [0.15, 0.2) is 0 Å². The molecule has 1 aliphatic heterocycles. The maximum Gasteiger partial charge on any atom is 0.407 e. The van der Waals surface area contributed by atoms with Gasteiger partial charge in [0.25, 0.3) is 0 Å². The van der Waals surface area contributed by atoms with Gasteiger partial charge in [0.05, 0.1) is 6.04 Å². The molecule has 1 unspecified atom stereocenters. The van der Waals surface area contributed by atoms with Crippen molar-refractivity contribution in [1.82, 2.24) is 5.32 Å². The molecule has 1 aliphatic rings. The predicted octanol–water partition coefficient (Wildman–Crippen LogP) is 2.43. The first-order chi connectivity index (χ1) is 6.66. The lowest BCUT2D eigenvalue weighted by Crippen LogP contribution is -2.18. The molecule has 3 nitrogen and oxygen atoms in total. The summed E-state index contributed by atoms with van der Waals surface area (Å²) < 4.78 is 4.80. The Morgan fingerprint density at radius 3 is 2.93 bits per heavy atom. The van der Waals surface area contributed by atoms with Gasteiger partial charge in [0.2, 0.25) is 0 Å². The summed E-state index contributed by atoms with van der Waals surface area (Å²) in [4.78, 5) is 10.8. The second kappa shape index (κ2) is 3.50. The molecular formula is C10H10ClNO2. The van der Waals surface area contributed by atoms with Crippen LogP contribution >= 0.6 is 11.6 Å². The number of carbonyl (C=O) groups is 1. The summed E-state index contributed by atoms with van der Waals surface area (Å²) in [5.74, 6) is 0. The molecule has 0 bridgehead atoms. The van der Waals surface area contributed by atoms with Crippen molar-refractivity contribution in [2.75, 3.05) is 6.61 Å². The minimum Gasteiger partial charge on any atom is -0.447 e. The highest BCUT2D eigenvalue weighted by Crippen LogP contribution is 2.26. The number of carbonyl (C=O) groups excluding carboxylic acids is 1. The zero-order valence-electron chi connectivity index (χ0n) is 7.71. The third-order valence-electron chi connectivity index (χ3n) is 2.20. The molecule has 1 saturated heterocycles. The zero-order valence-corrected chi connectivity index (χ0v) is 8.47. The van der Waals surface area contributed by atoms with E-state index in [4.69, 9.17) is 16.3 Å². The molecule has 1 N–H and O–H groups in total. The van der Waals surface area contributed by atoms with Crippen molar-refractivity contribution in [3.05, 3.63) is 34.3 Å². The molecule has 0 aliphatic carbocycles. The first-order valence-corrected chi connectivity index (χ1v) is 4.74. The summed E-state index contributed by atoms with van der Waals surface area (Å²) in [5.41, 5.74) is 2.01. The van der Waals surface area contributed by atoms with Crippen molar-refractivity contribution in [3.8, 4) is 0 Å². The quantitative estimate of drug-likeness (QED) is 0.775. The first-order valence-electron chi connectivity index (χ1n) is 4.36. The van der Waals surface area contributed by atoms with Crippen molar-refractivity contribution < 1.29 is 9.53 Å². The van der Waals surface area contributed by atoms with E-state index in [1.165, 1.54) is 0 Å². The number of benzene rings is 1. The van der Waals surface area contributed by atoms with Crippen LogP contribution in [0.1, 0.15) is 17.2 Å². The number of ether oxygens (including phenoxy) is 1. The zero-order chi connectivity index (χ0) is 10.1. The molecule has 1 aromatic rings. The summed E-state index contributed by atoms with van der Waals surface area (Å²) in [7, 11) is 0. The molecule has 14 heavy (non-hydrogen) atoms. The first kappa shape index (κ1) is 9.34. The van der Waals surface area contributed by atoms with Crippen molar-refractivity contribution in [3.63, 3.8) is 0 Å². The number of nitrogens with one attached hydrogen (secondary N) is 1. The highest BCUT2D eigenvalue weighted by atomic mass is 35.5. The molecule has 0 aromatic heterocycles. The molecule has 1 heterocycles. The van der Waals surface area contributed by atoms with Crippen molar-refractivity contribution in [2.45, 2.75) is 13.0 Å². The van der Waals surface area contributed by atoms with E-state index < -0.39 is 0 Å². The Morgan fingerprint density at radius 2 is 2.36 bits per heavy atom. The van der Waals surface area contributed by atoms with Crippen molar-refractivity contribution in [2.24, 2.45) is 0 Å². The van der Waals surface area contributed by atoms with Gasteiger partial charge in [-0.15, -0.1) is 0 Å². The van der Waals surface area contributed by atoms with Crippen LogP contribution in [0.2, 0.25) is 5.02 Å². The third kappa shape index (κ3) is 1.68. The second-order valence-electron chi connectivity index (χ2n) is 3.32. The molecule has 2 rings (SSSR count). The van der Waals surface area contributed by atoms with Gasteiger partial charge in [-0.25, -0.2) is 4.79 Å². The van der Waals surface area contributed by atoms with Gasteiger partial charge in [0.1, 0.15) is 6.61 Å². The number of amides is 1. The fourth-order valence-electron chi connectivity index (χ4n) is 1.47. The highest BCUT2D eigenvalue weighted by Gasteiger charge is 2.25. The summed E-state index contributed by atoms with van der Waals surface area (Å²) in [6.07, 6.45) is -0.383. The van der Waals surface area contributed by atoms with E-state index in [9.17, 15) is 4.79 Å². The van der Waals surface area contributed by atoms with Crippen LogP contribution in [0, 0.1) is 6.92 Å². The van der Waals surface area contributed by atoms with E-state index in [-0.39, 0.29) is 12.1 Å². The maximum atomic E-state index is 10.8. The molecule has 1 aromatic carbocycles. The third-order valence-corrected chi connectivity index (χ3v) is 2.53. The van der Waals surface area contributed by atoms with Gasteiger partial charge in [-0.3, -0.25) is 0 Å². The minimum absolute atomic E-state index is 0.115. The lowest BCUT2D eigenvalue weighted by atomic mass is 10.1. The minimum atomic E-state index is -0.383. The largest absolute Gasteiger partial charge is 0.447 e. The summed E-state index contributed by atoms with van der Waals surface area (Å²) in [6, 6.07) is 5.64. The Morgan fingerprint density at radius 1 is 1.57 bits per heavy atom. The number of rotatable bonds is 1. The number of hydrogen-bond donors (Lipinski definition) is 1. The number of aryl methyl sites for hydroxylation is 1. The molecule has 4 heteroatoms. The lowest BCUT2D eigenvalue weighted by Gasteiger charge is -2.09. The predicted molar refractivity (Wildman–Crippen MR) is 53.4 cm³/mol. The number of cyclic esters (lactones) is 1. The van der Waals surface area contributed by atoms with E-state index in [1.54, 1.807) is 0 Å².